The summed E-state index contributed by atoms with van der Waals surface area (Å²) in [6, 6.07) is 4.96. The predicted octanol–water partition coefficient (Wildman–Crippen LogP) is 2.38. The number of hydrogen-bond acceptors (Lipinski definition) is 3. The van der Waals surface area contributed by atoms with Crippen molar-refractivity contribution in [3.05, 3.63) is 28.8 Å². The van der Waals surface area contributed by atoms with Crippen molar-refractivity contribution in [1.82, 2.24) is 10.2 Å². The highest BCUT2D eigenvalue weighted by Gasteiger charge is 2.15. The van der Waals surface area contributed by atoms with Crippen LogP contribution in [0.3, 0.4) is 0 Å². The molecule has 1 saturated heterocycles. The number of carbonyl (C=O) groups is 1. The summed E-state index contributed by atoms with van der Waals surface area (Å²) >= 11 is 5.91. The second kappa shape index (κ2) is 6.95. The second-order valence-electron chi connectivity index (χ2n) is 5.52. The van der Waals surface area contributed by atoms with E-state index >= 15 is 0 Å². The van der Waals surface area contributed by atoms with E-state index in [9.17, 15) is 4.79 Å². The van der Waals surface area contributed by atoms with Crippen LogP contribution in [0, 0.1) is 5.92 Å². The Hall–Kier alpha value is -1.26. The number of nitrogens with one attached hydrogen (secondary N) is 1. The first-order valence-corrected chi connectivity index (χ1v) is 7.49. The van der Waals surface area contributed by atoms with Crippen molar-refractivity contribution in [3.8, 4) is 0 Å². The molecule has 0 bridgehead atoms. The smallest absolute Gasteiger partial charge is 0.251 e. The quantitative estimate of drug-likeness (QED) is 0.839. The summed E-state index contributed by atoms with van der Waals surface area (Å²) in [6.45, 7) is 6.12. The molecule has 3 N–H and O–H groups in total. The van der Waals surface area contributed by atoms with E-state index in [1.165, 1.54) is 12.8 Å². The third-order valence-corrected chi connectivity index (χ3v) is 4.18. The van der Waals surface area contributed by atoms with Crippen LogP contribution in [0.25, 0.3) is 0 Å². The van der Waals surface area contributed by atoms with Gasteiger partial charge in [0, 0.05) is 18.7 Å². The molecule has 1 aromatic carbocycles. The van der Waals surface area contributed by atoms with Crippen LogP contribution in [0.5, 0.6) is 0 Å². The minimum atomic E-state index is -0.0997. The molecular weight excluding hydrogens is 274 g/mol. The molecular formula is C15H22ClN3O. The van der Waals surface area contributed by atoms with Crippen molar-refractivity contribution in [2.75, 3.05) is 31.9 Å². The number of benzene rings is 1. The van der Waals surface area contributed by atoms with E-state index < -0.39 is 0 Å². The van der Waals surface area contributed by atoms with Gasteiger partial charge in [-0.25, -0.2) is 0 Å². The SMILES string of the molecule is CC1CCN(CCNC(=O)c2ccc(N)c(Cl)c2)CC1. The van der Waals surface area contributed by atoms with Gasteiger partial charge < -0.3 is 16.0 Å². The van der Waals surface area contributed by atoms with Gasteiger partial charge in [0.05, 0.1) is 10.7 Å². The van der Waals surface area contributed by atoms with Crippen molar-refractivity contribution in [3.63, 3.8) is 0 Å². The van der Waals surface area contributed by atoms with E-state index in [-0.39, 0.29) is 5.91 Å². The molecule has 1 fully saturated rings. The molecule has 0 spiro atoms. The summed E-state index contributed by atoms with van der Waals surface area (Å²) in [7, 11) is 0. The van der Waals surface area contributed by atoms with Gasteiger partial charge in [-0.1, -0.05) is 18.5 Å². The van der Waals surface area contributed by atoms with E-state index in [1.807, 2.05) is 0 Å². The maximum Gasteiger partial charge on any atom is 0.251 e. The highest BCUT2D eigenvalue weighted by Crippen LogP contribution is 2.19. The largest absolute Gasteiger partial charge is 0.398 e. The van der Waals surface area contributed by atoms with Gasteiger partial charge in [0.25, 0.3) is 5.91 Å². The van der Waals surface area contributed by atoms with Gasteiger partial charge in [-0.15, -0.1) is 0 Å². The Bertz CT molecular complexity index is 470. The lowest BCUT2D eigenvalue weighted by Gasteiger charge is -2.30. The maximum absolute atomic E-state index is 12.0. The Kier molecular flexibility index (Phi) is 5.26. The van der Waals surface area contributed by atoms with Crippen LogP contribution in [-0.2, 0) is 0 Å². The zero-order chi connectivity index (χ0) is 14.5. The number of piperidine rings is 1. The highest BCUT2D eigenvalue weighted by molar-refractivity contribution is 6.33. The molecule has 0 unspecified atom stereocenters. The monoisotopic (exact) mass is 295 g/mol. The van der Waals surface area contributed by atoms with Crippen LogP contribution in [-0.4, -0.2) is 37.0 Å². The maximum atomic E-state index is 12.0. The van der Waals surface area contributed by atoms with E-state index in [0.29, 0.717) is 22.8 Å². The number of halogens is 1. The molecule has 1 heterocycles. The van der Waals surface area contributed by atoms with Crippen LogP contribution in [0.15, 0.2) is 18.2 Å². The standard InChI is InChI=1S/C15H22ClN3O/c1-11-4-7-19(8-5-11)9-6-18-15(20)12-2-3-14(17)13(16)10-12/h2-3,10-11H,4-9,17H2,1H3,(H,18,20). The summed E-state index contributed by atoms with van der Waals surface area (Å²) in [6.07, 6.45) is 2.50. The summed E-state index contributed by atoms with van der Waals surface area (Å²) in [4.78, 5) is 14.4. The van der Waals surface area contributed by atoms with Gasteiger partial charge in [0.1, 0.15) is 0 Å². The van der Waals surface area contributed by atoms with Crippen LogP contribution in [0.2, 0.25) is 5.02 Å². The number of nitrogen functional groups attached to an aromatic ring is 1. The zero-order valence-corrected chi connectivity index (χ0v) is 12.6. The molecule has 1 amide bonds. The van der Waals surface area contributed by atoms with Gasteiger partial charge >= 0.3 is 0 Å². The first-order valence-electron chi connectivity index (χ1n) is 7.12. The molecule has 1 aliphatic heterocycles. The van der Waals surface area contributed by atoms with Crippen LogP contribution in [0.4, 0.5) is 5.69 Å². The van der Waals surface area contributed by atoms with Gasteiger partial charge in [0.2, 0.25) is 0 Å². The fourth-order valence-electron chi connectivity index (χ4n) is 2.38. The number of likely N-dealkylation sites (tertiary alicyclic amines) is 1. The third-order valence-electron chi connectivity index (χ3n) is 3.85. The molecule has 2 rings (SSSR count). The summed E-state index contributed by atoms with van der Waals surface area (Å²) < 4.78 is 0. The van der Waals surface area contributed by atoms with Crippen LogP contribution in [0.1, 0.15) is 30.1 Å². The van der Waals surface area contributed by atoms with Gasteiger partial charge in [-0.05, 0) is 50.0 Å². The molecule has 0 aromatic heterocycles. The van der Waals surface area contributed by atoms with Crippen molar-refractivity contribution in [2.45, 2.75) is 19.8 Å². The number of rotatable bonds is 4. The van der Waals surface area contributed by atoms with Crippen molar-refractivity contribution < 1.29 is 4.79 Å². The molecule has 5 heteroatoms. The van der Waals surface area contributed by atoms with E-state index in [0.717, 1.165) is 25.6 Å². The van der Waals surface area contributed by atoms with Crippen LogP contribution >= 0.6 is 11.6 Å². The first kappa shape index (κ1) is 15.1. The van der Waals surface area contributed by atoms with E-state index in [1.54, 1.807) is 18.2 Å². The van der Waals surface area contributed by atoms with Gasteiger partial charge in [-0.2, -0.15) is 0 Å². The minimum Gasteiger partial charge on any atom is -0.398 e. The van der Waals surface area contributed by atoms with Crippen molar-refractivity contribution >= 4 is 23.2 Å². The average Bonchev–Trinajstić information content (AvgIpc) is 2.44. The Morgan fingerprint density at radius 1 is 1.45 bits per heavy atom. The molecule has 0 atom stereocenters. The lowest BCUT2D eigenvalue weighted by Crippen LogP contribution is -2.39. The third kappa shape index (κ3) is 4.12. The molecule has 0 saturated carbocycles. The van der Waals surface area contributed by atoms with Crippen LogP contribution < -0.4 is 11.1 Å². The molecule has 0 aliphatic carbocycles. The number of nitrogens with two attached hydrogens (primary N) is 1. The second-order valence-corrected chi connectivity index (χ2v) is 5.92. The molecule has 0 radical (unpaired) electrons. The minimum absolute atomic E-state index is 0.0997. The summed E-state index contributed by atoms with van der Waals surface area (Å²) in [5, 5.41) is 3.34. The molecule has 110 valence electrons. The topological polar surface area (TPSA) is 58.4 Å². The number of hydrogen-bond donors (Lipinski definition) is 2. The molecule has 20 heavy (non-hydrogen) atoms. The summed E-state index contributed by atoms with van der Waals surface area (Å²) in [5.74, 6) is 0.732. The lowest BCUT2D eigenvalue weighted by molar-refractivity contribution is 0.0944. The van der Waals surface area contributed by atoms with Crippen molar-refractivity contribution in [2.24, 2.45) is 5.92 Å². The zero-order valence-electron chi connectivity index (χ0n) is 11.9. The fourth-order valence-corrected chi connectivity index (χ4v) is 2.56. The number of amides is 1. The van der Waals surface area contributed by atoms with E-state index in [2.05, 4.69) is 17.1 Å². The average molecular weight is 296 g/mol. The normalized spacial score (nSPS) is 17.1. The van der Waals surface area contributed by atoms with E-state index in [4.69, 9.17) is 17.3 Å². The Morgan fingerprint density at radius 3 is 2.80 bits per heavy atom. The predicted molar refractivity (Wildman–Crippen MR) is 83.0 cm³/mol. The summed E-state index contributed by atoms with van der Waals surface area (Å²) in [5.41, 5.74) is 6.67. The van der Waals surface area contributed by atoms with Crippen molar-refractivity contribution in [1.29, 1.82) is 0 Å². The molecule has 1 aromatic rings. The fraction of sp³-hybridized carbons (Fsp3) is 0.533. The lowest BCUT2D eigenvalue weighted by atomic mass is 9.99. The highest BCUT2D eigenvalue weighted by atomic mass is 35.5. The number of nitrogens with zero attached hydrogens (tertiary/aromatic N) is 1. The number of anilines is 1. The Morgan fingerprint density at radius 2 is 2.15 bits per heavy atom. The Labute approximate surface area is 125 Å². The molecule has 4 nitrogen and oxygen atoms in total. The number of carbonyl (C=O) groups excluding carboxylic acids is 1. The molecule has 1 aliphatic rings. The van der Waals surface area contributed by atoms with Gasteiger partial charge in [0.15, 0.2) is 0 Å². The van der Waals surface area contributed by atoms with Gasteiger partial charge in [-0.3, -0.25) is 4.79 Å². The Balaban J connectivity index is 1.76. The first-order chi connectivity index (χ1) is 9.56.